The molecule has 0 bridgehead atoms. The maximum absolute atomic E-state index is 12.8. The zero-order valence-corrected chi connectivity index (χ0v) is 17.7. The Morgan fingerprint density at radius 1 is 1.03 bits per heavy atom. The van der Waals surface area contributed by atoms with Crippen molar-refractivity contribution in [3.05, 3.63) is 65.3 Å². The second-order valence-electron chi connectivity index (χ2n) is 8.49. The zero-order chi connectivity index (χ0) is 21.7. The Bertz CT molecular complexity index is 1320. The number of hydrogen-bond donors (Lipinski definition) is 1. The summed E-state index contributed by atoms with van der Waals surface area (Å²) in [5.41, 5.74) is 5.42. The molecule has 1 atom stereocenters. The maximum Gasteiger partial charge on any atom is 0.232 e. The average Bonchev–Trinajstić information content (AvgIpc) is 3.59. The molecule has 0 spiro atoms. The number of H-pyrrole nitrogens is 1. The highest BCUT2D eigenvalue weighted by Crippen LogP contribution is 2.34. The van der Waals surface area contributed by atoms with Gasteiger partial charge in [-0.3, -0.25) is 9.89 Å². The van der Waals surface area contributed by atoms with Crippen molar-refractivity contribution in [2.45, 2.75) is 38.5 Å². The summed E-state index contributed by atoms with van der Waals surface area (Å²) in [4.78, 5) is 23.6. The molecule has 1 amide bonds. The van der Waals surface area contributed by atoms with Crippen LogP contribution in [0.3, 0.4) is 0 Å². The number of carbonyl (C=O) groups is 1. The molecule has 32 heavy (non-hydrogen) atoms. The highest BCUT2D eigenvalue weighted by molar-refractivity contribution is 5.96. The van der Waals surface area contributed by atoms with Crippen molar-refractivity contribution < 1.29 is 9.32 Å². The summed E-state index contributed by atoms with van der Waals surface area (Å²) in [5, 5.41) is 11.2. The average molecular weight is 426 g/mol. The minimum absolute atomic E-state index is 0.0923. The van der Waals surface area contributed by atoms with Crippen molar-refractivity contribution >= 4 is 11.6 Å². The fourth-order valence-corrected chi connectivity index (χ4v) is 4.64. The van der Waals surface area contributed by atoms with Crippen LogP contribution >= 0.6 is 0 Å². The number of amides is 1. The molecule has 2 aliphatic rings. The number of aromatic nitrogens is 5. The second kappa shape index (κ2) is 7.40. The lowest BCUT2D eigenvalue weighted by Crippen LogP contribution is -2.24. The summed E-state index contributed by atoms with van der Waals surface area (Å²) in [6, 6.07) is 14.1. The molecule has 160 valence electrons. The maximum atomic E-state index is 12.8. The van der Waals surface area contributed by atoms with Crippen LogP contribution in [0.4, 0.5) is 5.69 Å². The summed E-state index contributed by atoms with van der Waals surface area (Å²) < 4.78 is 5.58. The van der Waals surface area contributed by atoms with Crippen LogP contribution in [-0.2, 0) is 17.6 Å². The first-order chi connectivity index (χ1) is 15.6. The standard InChI is InChI=1S/C24H22N6O2/c1-14-25-22(28-27-14)17-6-3-7-18(10-17)23-26-24(32-29-23)19-12-21(31)30(13-19)20-9-8-15-4-2-5-16(15)11-20/h3,6-11,19H,2,4-5,12-13H2,1H3,(H,25,27,28). The lowest BCUT2D eigenvalue weighted by Gasteiger charge is -2.17. The van der Waals surface area contributed by atoms with E-state index in [0.717, 1.165) is 35.5 Å². The molecule has 1 saturated heterocycles. The van der Waals surface area contributed by atoms with E-state index in [1.54, 1.807) is 0 Å². The highest BCUT2D eigenvalue weighted by Gasteiger charge is 2.35. The molecular weight excluding hydrogens is 404 g/mol. The number of benzene rings is 2. The largest absolute Gasteiger partial charge is 0.339 e. The van der Waals surface area contributed by atoms with Gasteiger partial charge in [-0.25, -0.2) is 4.98 Å². The number of anilines is 1. The highest BCUT2D eigenvalue weighted by atomic mass is 16.5. The van der Waals surface area contributed by atoms with Gasteiger partial charge in [-0.1, -0.05) is 29.4 Å². The summed E-state index contributed by atoms with van der Waals surface area (Å²) >= 11 is 0. The Morgan fingerprint density at radius 3 is 2.72 bits per heavy atom. The number of nitrogens with one attached hydrogen (secondary N) is 1. The molecule has 2 aromatic carbocycles. The Labute approximate surface area is 184 Å². The Hall–Kier alpha value is -3.81. The van der Waals surface area contributed by atoms with E-state index in [0.29, 0.717) is 30.5 Å². The third-order valence-electron chi connectivity index (χ3n) is 6.29. The molecule has 1 aliphatic carbocycles. The number of fused-ring (bicyclic) bond motifs is 1. The van der Waals surface area contributed by atoms with Crippen molar-refractivity contribution in [2.75, 3.05) is 11.4 Å². The van der Waals surface area contributed by atoms with E-state index < -0.39 is 0 Å². The van der Waals surface area contributed by atoms with E-state index in [-0.39, 0.29) is 11.8 Å². The predicted molar refractivity (Wildman–Crippen MR) is 118 cm³/mol. The van der Waals surface area contributed by atoms with Gasteiger partial charge in [0.25, 0.3) is 0 Å². The molecule has 4 aromatic rings. The van der Waals surface area contributed by atoms with Gasteiger partial charge in [0.1, 0.15) is 5.82 Å². The zero-order valence-electron chi connectivity index (χ0n) is 17.7. The Balaban J connectivity index is 1.23. The van der Waals surface area contributed by atoms with E-state index in [1.165, 1.54) is 17.5 Å². The monoisotopic (exact) mass is 426 g/mol. The SMILES string of the molecule is Cc1nc(-c2cccc(-c3noc(C4CC(=O)N(c5ccc6c(c5)CCC6)C4)n3)c2)n[nH]1. The molecule has 1 unspecified atom stereocenters. The summed E-state index contributed by atoms with van der Waals surface area (Å²) in [6.07, 6.45) is 3.79. The van der Waals surface area contributed by atoms with Crippen LogP contribution in [0.25, 0.3) is 22.8 Å². The molecule has 3 heterocycles. The first-order valence-corrected chi connectivity index (χ1v) is 10.9. The quantitative estimate of drug-likeness (QED) is 0.532. The van der Waals surface area contributed by atoms with Gasteiger partial charge in [-0.2, -0.15) is 10.1 Å². The van der Waals surface area contributed by atoms with Crippen LogP contribution in [0.2, 0.25) is 0 Å². The van der Waals surface area contributed by atoms with Crippen LogP contribution in [0.5, 0.6) is 0 Å². The van der Waals surface area contributed by atoms with Gasteiger partial charge in [0, 0.05) is 29.8 Å². The van der Waals surface area contributed by atoms with Crippen LogP contribution in [-0.4, -0.2) is 37.8 Å². The second-order valence-corrected chi connectivity index (χ2v) is 8.49. The third-order valence-corrected chi connectivity index (χ3v) is 6.29. The smallest absolute Gasteiger partial charge is 0.232 e. The van der Waals surface area contributed by atoms with Gasteiger partial charge in [0.2, 0.25) is 17.6 Å². The Kier molecular flexibility index (Phi) is 4.38. The number of nitrogens with zero attached hydrogens (tertiary/aromatic N) is 5. The van der Waals surface area contributed by atoms with Crippen LogP contribution in [0, 0.1) is 6.92 Å². The molecule has 0 radical (unpaired) electrons. The molecule has 1 fully saturated rings. The lowest BCUT2D eigenvalue weighted by atomic mass is 10.1. The Morgan fingerprint density at radius 2 is 1.88 bits per heavy atom. The molecule has 2 aromatic heterocycles. The normalized spacial score (nSPS) is 17.8. The van der Waals surface area contributed by atoms with Crippen molar-refractivity contribution in [3.63, 3.8) is 0 Å². The van der Waals surface area contributed by atoms with E-state index in [9.17, 15) is 4.79 Å². The van der Waals surface area contributed by atoms with Gasteiger partial charge < -0.3 is 9.42 Å². The number of hydrogen-bond acceptors (Lipinski definition) is 6. The fourth-order valence-electron chi connectivity index (χ4n) is 4.64. The van der Waals surface area contributed by atoms with Crippen molar-refractivity contribution in [1.82, 2.24) is 25.3 Å². The van der Waals surface area contributed by atoms with Crippen LogP contribution in [0.15, 0.2) is 47.0 Å². The summed E-state index contributed by atoms with van der Waals surface area (Å²) in [6.45, 7) is 2.41. The lowest BCUT2D eigenvalue weighted by molar-refractivity contribution is -0.117. The van der Waals surface area contributed by atoms with E-state index >= 15 is 0 Å². The van der Waals surface area contributed by atoms with Gasteiger partial charge in [-0.15, -0.1) is 0 Å². The predicted octanol–water partition coefficient (Wildman–Crippen LogP) is 3.84. The molecule has 1 N–H and O–H groups in total. The topological polar surface area (TPSA) is 101 Å². The van der Waals surface area contributed by atoms with Gasteiger partial charge >= 0.3 is 0 Å². The minimum atomic E-state index is -0.115. The van der Waals surface area contributed by atoms with Crippen molar-refractivity contribution in [3.8, 4) is 22.8 Å². The van der Waals surface area contributed by atoms with E-state index in [2.05, 4.69) is 43.5 Å². The number of rotatable bonds is 4. The fraction of sp³-hybridized carbons (Fsp3) is 0.292. The minimum Gasteiger partial charge on any atom is -0.339 e. The molecular formula is C24H22N6O2. The van der Waals surface area contributed by atoms with Gasteiger partial charge in [0.15, 0.2) is 5.82 Å². The first kappa shape index (κ1) is 18.9. The molecule has 1 aliphatic heterocycles. The molecule has 0 saturated carbocycles. The van der Waals surface area contributed by atoms with Crippen LogP contribution in [0.1, 0.15) is 41.6 Å². The number of carbonyl (C=O) groups excluding carboxylic acids is 1. The molecule has 6 rings (SSSR count). The van der Waals surface area contributed by atoms with E-state index in [1.807, 2.05) is 36.1 Å². The van der Waals surface area contributed by atoms with Crippen LogP contribution < -0.4 is 4.90 Å². The first-order valence-electron chi connectivity index (χ1n) is 10.9. The third kappa shape index (κ3) is 3.28. The number of aryl methyl sites for hydroxylation is 3. The van der Waals surface area contributed by atoms with E-state index in [4.69, 9.17) is 4.52 Å². The summed E-state index contributed by atoms with van der Waals surface area (Å²) in [7, 11) is 0. The molecule has 8 heteroatoms. The number of aromatic amines is 1. The van der Waals surface area contributed by atoms with Crippen molar-refractivity contribution in [2.24, 2.45) is 0 Å². The van der Waals surface area contributed by atoms with Gasteiger partial charge in [-0.05, 0) is 55.5 Å². The summed E-state index contributed by atoms with van der Waals surface area (Å²) in [5.74, 6) is 2.35. The van der Waals surface area contributed by atoms with Gasteiger partial charge in [0.05, 0.1) is 5.92 Å². The van der Waals surface area contributed by atoms with Crippen molar-refractivity contribution in [1.29, 1.82) is 0 Å². The molecule has 8 nitrogen and oxygen atoms in total.